The van der Waals surface area contributed by atoms with Crippen LogP contribution in [0.2, 0.25) is 0 Å². The molecule has 1 aromatic heterocycles. The van der Waals surface area contributed by atoms with Gasteiger partial charge in [0.25, 0.3) is 0 Å². The van der Waals surface area contributed by atoms with Crippen molar-refractivity contribution in [2.24, 2.45) is 5.73 Å². The molecule has 2 aromatic rings. The molecule has 3 N–H and O–H groups in total. The van der Waals surface area contributed by atoms with Crippen molar-refractivity contribution in [2.75, 3.05) is 19.8 Å². The molecule has 0 radical (unpaired) electrons. The van der Waals surface area contributed by atoms with E-state index in [1.165, 1.54) is 0 Å². The zero-order valence-corrected chi connectivity index (χ0v) is 9.43. The molecule has 3 rings (SSSR count). The third kappa shape index (κ3) is 1.42. The maximum Gasteiger partial charge on any atom is 0.134 e. The van der Waals surface area contributed by atoms with Crippen molar-refractivity contribution >= 4 is 11.0 Å². The van der Waals surface area contributed by atoms with Gasteiger partial charge in [0, 0.05) is 17.0 Å². The summed E-state index contributed by atoms with van der Waals surface area (Å²) in [6.45, 7) is 1.03. The van der Waals surface area contributed by atoms with E-state index < -0.39 is 0 Å². The quantitative estimate of drug-likeness (QED) is 0.830. The van der Waals surface area contributed by atoms with Crippen LogP contribution >= 0.6 is 0 Å². The topological polar surface area (TPSA) is 68.6 Å². The van der Waals surface area contributed by atoms with Gasteiger partial charge in [0.1, 0.15) is 5.58 Å². The number of hydrogen-bond donors (Lipinski definition) is 2. The fourth-order valence-electron chi connectivity index (χ4n) is 2.43. The van der Waals surface area contributed by atoms with Gasteiger partial charge in [-0.1, -0.05) is 18.2 Å². The SMILES string of the molecule is NC(CO)C1(c2coc3ccccc23)COC1. The minimum atomic E-state index is -0.322. The summed E-state index contributed by atoms with van der Waals surface area (Å²) in [4.78, 5) is 0. The van der Waals surface area contributed by atoms with E-state index in [4.69, 9.17) is 14.9 Å². The summed E-state index contributed by atoms with van der Waals surface area (Å²) in [6, 6.07) is 7.52. The number of nitrogens with two attached hydrogens (primary N) is 1. The highest BCUT2D eigenvalue weighted by Crippen LogP contribution is 2.39. The number of benzene rings is 1. The van der Waals surface area contributed by atoms with Crippen LogP contribution in [-0.4, -0.2) is 31.0 Å². The summed E-state index contributed by atoms with van der Waals surface area (Å²) in [7, 11) is 0. The molecule has 4 heteroatoms. The fourth-order valence-corrected chi connectivity index (χ4v) is 2.43. The Labute approximate surface area is 99.0 Å². The van der Waals surface area contributed by atoms with Gasteiger partial charge in [-0.15, -0.1) is 0 Å². The van der Waals surface area contributed by atoms with Crippen LogP contribution in [0.1, 0.15) is 5.56 Å². The molecule has 1 atom stereocenters. The fraction of sp³-hybridized carbons (Fsp3) is 0.385. The van der Waals surface area contributed by atoms with Gasteiger partial charge in [0.05, 0.1) is 31.5 Å². The number of para-hydroxylation sites is 1. The zero-order chi connectivity index (χ0) is 11.9. The highest BCUT2D eigenvalue weighted by atomic mass is 16.5. The highest BCUT2D eigenvalue weighted by molar-refractivity contribution is 5.82. The van der Waals surface area contributed by atoms with Gasteiger partial charge in [0.15, 0.2) is 0 Å². The minimum absolute atomic E-state index is 0.0527. The first kappa shape index (κ1) is 10.8. The van der Waals surface area contributed by atoms with E-state index in [1.807, 2.05) is 24.3 Å². The van der Waals surface area contributed by atoms with E-state index in [0.717, 1.165) is 16.5 Å². The number of ether oxygens (including phenoxy) is 1. The number of fused-ring (bicyclic) bond motifs is 1. The Morgan fingerprint density at radius 1 is 1.35 bits per heavy atom. The van der Waals surface area contributed by atoms with Gasteiger partial charge in [-0.2, -0.15) is 0 Å². The van der Waals surface area contributed by atoms with Gasteiger partial charge >= 0.3 is 0 Å². The molecule has 0 aliphatic carbocycles. The first-order valence-corrected chi connectivity index (χ1v) is 5.69. The third-order valence-corrected chi connectivity index (χ3v) is 3.64. The van der Waals surface area contributed by atoms with Crippen LogP contribution in [-0.2, 0) is 10.2 Å². The second kappa shape index (κ2) is 3.84. The van der Waals surface area contributed by atoms with Crippen molar-refractivity contribution in [1.29, 1.82) is 0 Å². The maximum atomic E-state index is 9.30. The summed E-state index contributed by atoms with van der Waals surface area (Å²) >= 11 is 0. The molecule has 2 heterocycles. The van der Waals surface area contributed by atoms with Crippen LogP contribution < -0.4 is 5.73 Å². The predicted molar refractivity (Wildman–Crippen MR) is 63.8 cm³/mol. The van der Waals surface area contributed by atoms with Crippen LogP contribution in [0.15, 0.2) is 34.9 Å². The lowest BCUT2D eigenvalue weighted by molar-refractivity contribution is -0.0794. The van der Waals surface area contributed by atoms with Gasteiger partial charge in [-0.3, -0.25) is 0 Å². The van der Waals surface area contributed by atoms with Gasteiger partial charge in [-0.05, 0) is 6.07 Å². The standard InChI is InChI=1S/C13H15NO3/c14-12(5-15)13(7-16-8-13)10-6-17-11-4-2-1-3-9(10)11/h1-4,6,12,15H,5,7-8,14H2. The summed E-state index contributed by atoms with van der Waals surface area (Å²) < 4.78 is 10.8. The molecule has 1 saturated heterocycles. The largest absolute Gasteiger partial charge is 0.464 e. The van der Waals surface area contributed by atoms with Crippen LogP contribution in [0.25, 0.3) is 11.0 Å². The molecule has 90 valence electrons. The third-order valence-electron chi connectivity index (χ3n) is 3.64. The Morgan fingerprint density at radius 3 is 2.76 bits per heavy atom. The number of rotatable bonds is 3. The lowest BCUT2D eigenvalue weighted by Crippen LogP contribution is -2.60. The molecular formula is C13H15NO3. The van der Waals surface area contributed by atoms with Crippen LogP contribution in [0.4, 0.5) is 0 Å². The normalized spacial score (nSPS) is 20.1. The van der Waals surface area contributed by atoms with Crippen molar-refractivity contribution < 1.29 is 14.3 Å². The van der Waals surface area contributed by atoms with Gasteiger partial charge < -0.3 is 20.0 Å². The molecule has 1 aliphatic rings. The molecule has 0 amide bonds. The molecule has 1 aromatic carbocycles. The molecule has 0 saturated carbocycles. The summed E-state index contributed by atoms with van der Waals surface area (Å²) in [5.74, 6) is 0. The maximum absolute atomic E-state index is 9.30. The molecule has 1 unspecified atom stereocenters. The van der Waals surface area contributed by atoms with Crippen LogP contribution in [0.5, 0.6) is 0 Å². The van der Waals surface area contributed by atoms with E-state index >= 15 is 0 Å². The molecule has 0 spiro atoms. The summed E-state index contributed by atoms with van der Waals surface area (Å²) in [5, 5.41) is 10.4. The lowest BCUT2D eigenvalue weighted by atomic mass is 9.73. The first-order chi connectivity index (χ1) is 8.28. The van der Waals surface area contributed by atoms with E-state index in [2.05, 4.69) is 0 Å². The summed E-state index contributed by atoms with van der Waals surface area (Å²) in [6.07, 6.45) is 1.74. The van der Waals surface area contributed by atoms with Crippen molar-refractivity contribution in [2.45, 2.75) is 11.5 Å². The number of aliphatic hydroxyl groups is 1. The Balaban J connectivity index is 2.13. The number of hydrogen-bond acceptors (Lipinski definition) is 4. The highest BCUT2D eigenvalue weighted by Gasteiger charge is 2.47. The number of aliphatic hydroxyl groups excluding tert-OH is 1. The average Bonchev–Trinajstić information content (AvgIpc) is 2.72. The van der Waals surface area contributed by atoms with Crippen molar-refractivity contribution in [3.8, 4) is 0 Å². The van der Waals surface area contributed by atoms with E-state index in [-0.39, 0.29) is 18.1 Å². The Morgan fingerprint density at radius 2 is 2.12 bits per heavy atom. The van der Waals surface area contributed by atoms with E-state index in [0.29, 0.717) is 13.2 Å². The molecule has 1 fully saturated rings. The smallest absolute Gasteiger partial charge is 0.134 e. The van der Waals surface area contributed by atoms with Crippen molar-refractivity contribution in [3.63, 3.8) is 0 Å². The van der Waals surface area contributed by atoms with E-state index in [9.17, 15) is 5.11 Å². The van der Waals surface area contributed by atoms with Gasteiger partial charge in [0.2, 0.25) is 0 Å². The molecule has 4 nitrogen and oxygen atoms in total. The van der Waals surface area contributed by atoms with Gasteiger partial charge in [-0.25, -0.2) is 0 Å². The second-order valence-electron chi connectivity index (χ2n) is 4.58. The second-order valence-corrected chi connectivity index (χ2v) is 4.58. The Bertz CT molecular complexity index is 530. The van der Waals surface area contributed by atoms with Crippen molar-refractivity contribution in [3.05, 3.63) is 36.1 Å². The number of furan rings is 1. The lowest BCUT2D eigenvalue weighted by Gasteiger charge is -2.44. The zero-order valence-electron chi connectivity index (χ0n) is 9.43. The Hall–Kier alpha value is -1.36. The van der Waals surface area contributed by atoms with Crippen LogP contribution in [0, 0.1) is 0 Å². The van der Waals surface area contributed by atoms with E-state index in [1.54, 1.807) is 6.26 Å². The molecule has 17 heavy (non-hydrogen) atoms. The summed E-state index contributed by atoms with van der Waals surface area (Å²) in [5.41, 5.74) is 7.61. The molecular weight excluding hydrogens is 218 g/mol. The molecule has 1 aliphatic heterocycles. The first-order valence-electron chi connectivity index (χ1n) is 5.69. The average molecular weight is 233 g/mol. The van der Waals surface area contributed by atoms with Crippen molar-refractivity contribution in [1.82, 2.24) is 0 Å². The molecule has 0 bridgehead atoms. The Kier molecular flexibility index (Phi) is 2.43. The monoisotopic (exact) mass is 233 g/mol. The minimum Gasteiger partial charge on any atom is -0.464 e. The predicted octanol–water partition coefficient (Wildman–Crippen LogP) is 1.02. The van der Waals surface area contributed by atoms with Crippen LogP contribution in [0.3, 0.4) is 0 Å².